The van der Waals surface area contributed by atoms with Crippen LogP contribution in [0.25, 0.3) is 22.2 Å². The molecule has 6 rings (SSSR count). The minimum absolute atomic E-state index is 0.142. The van der Waals surface area contributed by atoms with Crippen LogP contribution in [-0.4, -0.2) is 28.7 Å². The van der Waals surface area contributed by atoms with E-state index in [-0.39, 0.29) is 17.5 Å². The Kier molecular flexibility index (Phi) is 4.26. The molecule has 2 saturated carbocycles. The van der Waals surface area contributed by atoms with E-state index in [0.717, 1.165) is 30.2 Å². The van der Waals surface area contributed by atoms with Gasteiger partial charge in [-0.1, -0.05) is 49.6 Å². The maximum absolute atomic E-state index is 13.0. The van der Waals surface area contributed by atoms with Gasteiger partial charge in [0, 0.05) is 28.9 Å². The molecule has 0 amide bonds. The molecule has 1 N–H and O–H groups in total. The number of hydrogen-bond acceptors (Lipinski definition) is 3. The summed E-state index contributed by atoms with van der Waals surface area (Å²) >= 11 is 0. The van der Waals surface area contributed by atoms with E-state index in [4.69, 9.17) is 4.74 Å². The zero-order valence-electron chi connectivity index (χ0n) is 18.3. The van der Waals surface area contributed by atoms with Crippen LogP contribution in [0.5, 0.6) is 0 Å². The van der Waals surface area contributed by atoms with Crippen molar-refractivity contribution in [2.24, 2.45) is 5.41 Å². The van der Waals surface area contributed by atoms with Gasteiger partial charge in [-0.25, -0.2) is 4.79 Å². The Labute approximate surface area is 187 Å². The second-order valence-electron chi connectivity index (χ2n) is 9.71. The first-order valence-corrected chi connectivity index (χ1v) is 11.6. The highest BCUT2D eigenvalue weighted by atomic mass is 16.5. The van der Waals surface area contributed by atoms with Crippen LogP contribution in [-0.2, 0) is 16.1 Å². The fraction of sp³-hybridized carbons (Fsp3) is 0.407. The smallest absolute Gasteiger partial charge is 0.335 e. The third kappa shape index (κ3) is 2.63. The molecule has 3 aromatic rings. The Morgan fingerprint density at radius 2 is 1.88 bits per heavy atom. The van der Waals surface area contributed by atoms with Gasteiger partial charge in [-0.3, -0.25) is 4.79 Å². The number of methoxy groups -OCH3 is 1. The first-order chi connectivity index (χ1) is 15.5. The second kappa shape index (κ2) is 6.96. The van der Waals surface area contributed by atoms with E-state index in [1.807, 2.05) is 6.07 Å². The highest BCUT2D eigenvalue weighted by Crippen LogP contribution is 2.65. The SMILES string of the molecule is COC(=O)C12CC1c1ccccc1-c1c(C3CCCCC3)c3ccc(C(=O)O)cc3n1C2. The van der Waals surface area contributed by atoms with E-state index in [1.54, 1.807) is 12.1 Å². The van der Waals surface area contributed by atoms with Crippen LogP contribution in [0.15, 0.2) is 42.5 Å². The van der Waals surface area contributed by atoms with Crippen LogP contribution in [0.1, 0.15) is 71.8 Å². The van der Waals surface area contributed by atoms with E-state index < -0.39 is 11.4 Å². The number of aromatic nitrogens is 1. The molecule has 32 heavy (non-hydrogen) atoms. The summed E-state index contributed by atoms with van der Waals surface area (Å²) in [6, 6.07) is 14.0. The van der Waals surface area contributed by atoms with E-state index in [0.29, 0.717) is 12.5 Å². The molecule has 3 aliphatic rings. The third-order valence-corrected chi connectivity index (χ3v) is 8.06. The molecule has 0 bridgehead atoms. The van der Waals surface area contributed by atoms with Crippen molar-refractivity contribution in [2.45, 2.75) is 56.9 Å². The van der Waals surface area contributed by atoms with Gasteiger partial charge in [-0.2, -0.15) is 0 Å². The van der Waals surface area contributed by atoms with E-state index in [9.17, 15) is 14.7 Å². The number of fused-ring (bicyclic) bond motifs is 7. The van der Waals surface area contributed by atoms with Gasteiger partial charge in [0.25, 0.3) is 0 Å². The zero-order valence-corrected chi connectivity index (χ0v) is 18.3. The molecule has 2 heterocycles. The predicted octanol–water partition coefficient (Wildman–Crippen LogP) is 5.71. The Hall–Kier alpha value is -3.08. The zero-order chi connectivity index (χ0) is 22.0. The van der Waals surface area contributed by atoms with Crippen molar-refractivity contribution < 1.29 is 19.4 Å². The van der Waals surface area contributed by atoms with Crippen molar-refractivity contribution >= 4 is 22.8 Å². The quantitative estimate of drug-likeness (QED) is 0.541. The molecule has 0 saturated heterocycles. The number of nitrogens with zero attached hydrogens (tertiary/aromatic N) is 1. The molecule has 0 spiro atoms. The van der Waals surface area contributed by atoms with Crippen molar-refractivity contribution in [3.05, 3.63) is 59.2 Å². The first-order valence-electron chi connectivity index (χ1n) is 11.6. The first kappa shape index (κ1) is 19.6. The molecule has 2 aliphatic carbocycles. The van der Waals surface area contributed by atoms with Crippen LogP contribution in [0.2, 0.25) is 0 Å². The van der Waals surface area contributed by atoms with Crippen LogP contribution < -0.4 is 0 Å². The summed E-state index contributed by atoms with van der Waals surface area (Å²) in [4.78, 5) is 24.8. The van der Waals surface area contributed by atoms with Crippen molar-refractivity contribution in [2.75, 3.05) is 7.11 Å². The highest BCUT2D eigenvalue weighted by molar-refractivity contribution is 5.99. The number of aromatic carboxylic acids is 1. The molecule has 2 unspecified atom stereocenters. The third-order valence-electron chi connectivity index (χ3n) is 8.06. The fourth-order valence-corrected chi connectivity index (χ4v) is 6.45. The monoisotopic (exact) mass is 429 g/mol. The molecule has 2 fully saturated rings. The summed E-state index contributed by atoms with van der Waals surface area (Å²) in [5.74, 6) is -0.499. The normalized spacial score (nSPS) is 24.2. The van der Waals surface area contributed by atoms with Gasteiger partial charge in [-0.05, 0) is 48.4 Å². The number of carboxylic acids is 1. The van der Waals surface area contributed by atoms with E-state index in [1.165, 1.54) is 48.8 Å². The summed E-state index contributed by atoms with van der Waals surface area (Å²) in [5.41, 5.74) is 5.55. The number of rotatable bonds is 3. The second-order valence-corrected chi connectivity index (χ2v) is 9.71. The minimum Gasteiger partial charge on any atom is -0.478 e. The van der Waals surface area contributed by atoms with Gasteiger partial charge in [0.05, 0.1) is 23.8 Å². The Morgan fingerprint density at radius 3 is 2.62 bits per heavy atom. The lowest BCUT2D eigenvalue weighted by molar-refractivity contribution is -0.147. The maximum Gasteiger partial charge on any atom is 0.335 e. The average molecular weight is 430 g/mol. The minimum atomic E-state index is -0.928. The van der Waals surface area contributed by atoms with Gasteiger partial charge in [0.1, 0.15) is 0 Å². The Balaban J connectivity index is 1.69. The van der Waals surface area contributed by atoms with Crippen LogP contribution in [0.3, 0.4) is 0 Å². The number of carboxylic acid groups (broad SMARTS) is 1. The summed E-state index contributed by atoms with van der Waals surface area (Å²) in [6.07, 6.45) is 6.80. The number of carbonyl (C=O) groups excluding carboxylic acids is 1. The topological polar surface area (TPSA) is 68.5 Å². The van der Waals surface area contributed by atoms with Crippen LogP contribution in [0, 0.1) is 5.41 Å². The number of benzene rings is 2. The lowest BCUT2D eigenvalue weighted by atomic mass is 9.81. The lowest BCUT2D eigenvalue weighted by Gasteiger charge is -2.24. The number of ether oxygens (including phenoxy) is 1. The van der Waals surface area contributed by atoms with E-state index >= 15 is 0 Å². The molecule has 1 aliphatic heterocycles. The molecular weight excluding hydrogens is 402 g/mol. The number of hydrogen-bond donors (Lipinski definition) is 1. The highest BCUT2D eigenvalue weighted by Gasteiger charge is 2.63. The van der Waals surface area contributed by atoms with Crippen LogP contribution in [0.4, 0.5) is 0 Å². The van der Waals surface area contributed by atoms with Crippen molar-refractivity contribution in [3.63, 3.8) is 0 Å². The average Bonchev–Trinajstić information content (AvgIpc) is 3.49. The van der Waals surface area contributed by atoms with Gasteiger partial charge < -0.3 is 14.4 Å². The molecule has 164 valence electrons. The summed E-state index contributed by atoms with van der Waals surface area (Å²) in [7, 11) is 1.47. The van der Waals surface area contributed by atoms with Crippen molar-refractivity contribution in [1.29, 1.82) is 0 Å². The van der Waals surface area contributed by atoms with Crippen LogP contribution >= 0.6 is 0 Å². The van der Waals surface area contributed by atoms with Gasteiger partial charge >= 0.3 is 11.9 Å². The molecule has 2 atom stereocenters. The summed E-state index contributed by atoms with van der Waals surface area (Å²) < 4.78 is 7.52. The molecule has 5 heteroatoms. The van der Waals surface area contributed by atoms with Crippen molar-refractivity contribution in [3.8, 4) is 11.3 Å². The largest absolute Gasteiger partial charge is 0.478 e. The predicted molar refractivity (Wildman–Crippen MR) is 122 cm³/mol. The fourth-order valence-electron chi connectivity index (χ4n) is 6.45. The number of esters is 1. The molecule has 1 aromatic heterocycles. The van der Waals surface area contributed by atoms with Gasteiger partial charge in [0.2, 0.25) is 0 Å². The lowest BCUT2D eigenvalue weighted by Crippen LogP contribution is -2.24. The van der Waals surface area contributed by atoms with Gasteiger partial charge in [0.15, 0.2) is 0 Å². The Bertz CT molecular complexity index is 1270. The maximum atomic E-state index is 13.0. The molecule has 5 nitrogen and oxygen atoms in total. The molecular formula is C27H27NO4. The standard InChI is InChI=1S/C27H27NO4/c1-32-26(31)27-14-21(27)18-9-5-6-10-19(18)24-23(16-7-3-2-4-8-16)20-12-11-17(25(29)30)13-22(20)28(24)15-27/h5-6,9-13,16,21H,2-4,7-8,14-15H2,1H3,(H,29,30). The molecule has 0 radical (unpaired) electrons. The number of carbonyl (C=O) groups is 2. The van der Waals surface area contributed by atoms with E-state index in [2.05, 4.69) is 28.8 Å². The summed E-state index contributed by atoms with van der Waals surface area (Å²) in [5, 5.41) is 10.8. The molecule has 2 aromatic carbocycles. The van der Waals surface area contributed by atoms with Crippen molar-refractivity contribution in [1.82, 2.24) is 4.57 Å². The summed E-state index contributed by atoms with van der Waals surface area (Å²) in [6.45, 7) is 0.528. The Morgan fingerprint density at radius 1 is 1.09 bits per heavy atom. The van der Waals surface area contributed by atoms with Gasteiger partial charge in [-0.15, -0.1) is 0 Å².